The monoisotopic (exact) mass is 350 g/mol. The zero-order valence-corrected chi connectivity index (χ0v) is 13.3. The third-order valence-corrected chi connectivity index (χ3v) is 3.59. The summed E-state index contributed by atoms with van der Waals surface area (Å²) in [4.78, 5) is 23.7. The Bertz CT molecular complexity index is 712. The van der Waals surface area contributed by atoms with Crippen LogP contribution < -0.4 is 5.56 Å². The number of esters is 1. The van der Waals surface area contributed by atoms with E-state index in [1.807, 2.05) is 31.2 Å². The van der Waals surface area contributed by atoms with Crippen LogP contribution in [0.4, 0.5) is 0 Å². The van der Waals surface area contributed by atoms with E-state index in [-0.39, 0.29) is 5.56 Å². The number of nitrogens with zero attached hydrogens (tertiary/aromatic N) is 2. The van der Waals surface area contributed by atoms with Crippen molar-refractivity contribution < 1.29 is 9.53 Å². The highest BCUT2D eigenvalue weighted by molar-refractivity contribution is 9.10. The van der Waals surface area contributed by atoms with Crippen LogP contribution in [-0.2, 0) is 9.53 Å². The molecule has 0 aliphatic carbocycles. The topological polar surface area (TPSA) is 61.2 Å². The van der Waals surface area contributed by atoms with E-state index in [9.17, 15) is 9.59 Å². The number of benzene rings is 1. The highest BCUT2D eigenvalue weighted by Crippen LogP contribution is 2.21. The van der Waals surface area contributed by atoms with Crippen LogP contribution in [0.2, 0.25) is 0 Å². The minimum atomic E-state index is -0.713. The molecule has 0 saturated heterocycles. The molecular weight excluding hydrogens is 336 g/mol. The largest absolute Gasteiger partial charge is 0.467 e. The van der Waals surface area contributed by atoms with E-state index in [2.05, 4.69) is 21.0 Å². The normalized spacial score (nSPS) is 12.0. The molecule has 0 saturated carbocycles. The number of aromatic nitrogens is 2. The fourth-order valence-corrected chi connectivity index (χ4v) is 2.43. The number of methoxy groups -OCH3 is 1. The summed E-state index contributed by atoms with van der Waals surface area (Å²) in [7, 11) is 1.30. The van der Waals surface area contributed by atoms with E-state index in [0.29, 0.717) is 12.1 Å². The number of rotatable bonds is 4. The summed E-state index contributed by atoms with van der Waals surface area (Å²) in [6.45, 7) is 1.81. The third kappa shape index (κ3) is 3.39. The van der Waals surface area contributed by atoms with Gasteiger partial charge in [0, 0.05) is 16.1 Å². The van der Waals surface area contributed by atoms with Gasteiger partial charge in [-0.15, -0.1) is 0 Å². The Morgan fingerprint density at radius 2 is 2.14 bits per heavy atom. The molecule has 5 nitrogen and oxygen atoms in total. The number of hydrogen-bond donors (Lipinski definition) is 0. The lowest BCUT2D eigenvalue weighted by Gasteiger charge is -2.15. The summed E-state index contributed by atoms with van der Waals surface area (Å²) < 4.78 is 6.83. The van der Waals surface area contributed by atoms with E-state index < -0.39 is 12.0 Å². The van der Waals surface area contributed by atoms with E-state index >= 15 is 0 Å². The van der Waals surface area contributed by atoms with Gasteiger partial charge in [0.1, 0.15) is 0 Å². The van der Waals surface area contributed by atoms with Crippen LogP contribution in [0.25, 0.3) is 11.3 Å². The van der Waals surface area contributed by atoms with E-state index in [1.165, 1.54) is 17.9 Å². The number of carbonyl (C=O) groups is 1. The van der Waals surface area contributed by atoms with Gasteiger partial charge in [-0.1, -0.05) is 35.0 Å². The first kappa shape index (κ1) is 15.4. The SMILES string of the molecule is CC[C@H](C(=O)OC)n1nc(-c2cccc(Br)c2)ccc1=O. The van der Waals surface area contributed by atoms with Gasteiger partial charge < -0.3 is 4.74 Å². The van der Waals surface area contributed by atoms with Crippen molar-refractivity contribution in [3.63, 3.8) is 0 Å². The number of hydrogen-bond acceptors (Lipinski definition) is 4. The van der Waals surface area contributed by atoms with Crippen LogP contribution in [0.1, 0.15) is 19.4 Å². The third-order valence-electron chi connectivity index (χ3n) is 3.10. The second-order valence-corrected chi connectivity index (χ2v) is 5.37. The van der Waals surface area contributed by atoms with Crippen LogP contribution in [0, 0.1) is 0 Å². The van der Waals surface area contributed by atoms with Crippen LogP contribution >= 0.6 is 15.9 Å². The summed E-state index contributed by atoms with van der Waals surface area (Å²) >= 11 is 3.40. The van der Waals surface area contributed by atoms with Crippen molar-refractivity contribution in [3.8, 4) is 11.3 Å². The highest BCUT2D eigenvalue weighted by Gasteiger charge is 2.21. The molecule has 0 radical (unpaired) electrons. The van der Waals surface area contributed by atoms with Crippen molar-refractivity contribution in [1.29, 1.82) is 0 Å². The molecule has 2 aromatic rings. The Morgan fingerprint density at radius 3 is 2.76 bits per heavy atom. The molecule has 1 atom stereocenters. The first-order valence-electron chi connectivity index (χ1n) is 6.50. The predicted octanol–water partition coefficient (Wildman–Crippen LogP) is 2.80. The molecule has 1 aromatic carbocycles. The summed E-state index contributed by atoms with van der Waals surface area (Å²) in [6.07, 6.45) is 0.432. The zero-order chi connectivity index (χ0) is 15.4. The smallest absolute Gasteiger partial charge is 0.330 e. The lowest BCUT2D eigenvalue weighted by Crippen LogP contribution is -2.32. The molecule has 0 fully saturated rings. The molecule has 0 spiro atoms. The van der Waals surface area contributed by atoms with E-state index in [1.54, 1.807) is 6.07 Å². The Labute approximate surface area is 130 Å². The number of halogens is 1. The second kappa shape index (κ2) is 6.67. The Morgan fingerprint density at radius 1 is 1.38 bits per heavy atom. The molecular formula is C15H15BrN2O3. The van der Waals surface area contributed by atoms with Crippen molar-refractivity contribution in [1.82, 2.24) is 9.78 Å². The Hall–Kier alpha value is -1.95. The van der Waals surface area contributed by atoms with Gasteiger partial charge >= 0.3 is 5.97 Å². The molecule has 0 aliphatic rings. The second-order valence-electron chi connectivity index (χ2n) is 4.46. The van der Waals surface area contributed by atoms with Crippen molar-refractivity contribution in [3.05, 3.63) is 51.2 Å². The van der Waals surface area contributed by atoms with Crippen molar-refractivity contribution >= 4 is 21.9 Å². The Balaban J connectivity index is 2.51. The van der Waals surface area contributed by atoms with Gasteiger partial charge in [-0.05, 0) is 24.6 Å². The lowest BCUT2D eigenvalue weighted by atomic mass is 10.1. The molecule has 1 heterocycles. The number of ether oxygens (including phenoxy) is 1. The molecule has 0 bridgehead atoms. The molecule has 0 aliphatic heterocycles. The maximum atomic E-state index is 12.0. The maximum Gasteiger partial charge on any atom is 0.330 e. The quantitative estimate of drug-likeness (QED) is 0.795. The van der Waals surface area contributed by atoms with Gasteiger partial charge in [-0.2, -0.15) is 5.10 Å². The van der Waals surface area contributed by atoms with Crippen molar-refractivity contribution in [2.75, 3.05) is 7.11 Å². The van der Waals surface area contributed by atoms with Gasteiger partial charge in [0.15, 0.2) is 6.04 Å². The van der Waals surface area contributed by atoms with E-state index in [4.69, 9.17) is 4.74 Å². The van der Waals surface area contributed by atoms with Crippen LogP contribution in [0.5, 0.6) is 0 Å². The maximum absolute atomic E-state index is 12.0. The first-order chi connectivity index (χ1) is 10.1. The highest BCUT2D eigenvalue weighted by atomic mass is 79.9. The van der Waals surface area contributed by atoms with Crippen LogP contribution in [0.15, 0.2) is 45.7 Å². The minimum absolute atomic E-state index is 0.328. The summed E-state index contributed by atoms with van der Waals surface area (Å²) in [5, 5.41) is 4.31. The summed E-state index contributed by atoms with van der Waals surface area (Å²) in [5.74, 6) is -0.474. The van der Waals surface area contributed by atoms with Gasteiger partial charge in [-0.25, -0.2) is 9.48 Å². The summed E-state index contributed by atoms with van der Waals surface area (Å²) in [5.41, 5.74) is 1.15. The molecule has 1 aromatic heterocycles. The minimum Gasteiger partial charge on any atom is -0.467 e. The van der Waals surface area contributed by atoms with Gasteiger partial charge in [0.05, 0.1) is 12.8 Å². The standard InChI is InChI=1S/C15H15BrN2O3/c1-3-13(15(20)21-2)18-14(19)8-7-12(17-18)10-5-4-6-11(16)9-10/h4-9,13H,3H2,1-2H3/t13-/m1/s1. The van der Waals surface area contributed by atoms with Crippen molar-refractivity contribution in [2.45, 2.75) is 19.4 Å². The van der Waals surface area contributed by atoms with Crippen LogP contribution in [-0.4, -0.2) is 22.9 Å². The first-order valence-corrected chi connectivity index (χ1v) is 7.29. The molecule has 110 valence electrons. The Kier molecular flexibility index (Phi) is 4.90. The fourth-order valence-electron chi connectivity index (χ4n) is 2.03. The summed E-state index contributed by atoms with van der Waals surface area (Å²) in [6, 6.07) is 9.92. The molecule has 0 amide bonds. The van der Waals surface area contributed by atoms with Crippen LogP contribution in [0.3, 0.4) is 0 Å². The molecule has 0 unspecified atom stereocenters. The van der Waals surface area contributed by atoms with Gasteiger partial charge in [-0.3, -0.25) is 4.79 Å². The molecule has 0 N–H and O–H groups in total. The van der Waals surface area contributed by atoms with Gasteiger partial charge in [0.25, 0.3) is 5.56 Å². The van der Waals surface area contributed by atoms with Gasteiger partial charge in [0.2, 0.25) is 0 Å². The lowest BCUT2D eigenvalue weighted by molar-refractivity contribution is -0.145. The fraction of sp³-hybridized carbons (Fsp3) is 0.267. The average Bonchev–Trinajstić information content (AvgIpc) is 2.49. The van der Waals surface area contributed by atoms with E-state index in [0.717, 1.165) is 10.0 Å². The average molecular weight is 351 g/mol. The van der Waals surface area contributed by atoms with Crippen molar-refractivity contribution in [2.24, 2.45) is 0 Å². The zero-order valence-electron chi connectivity index (χ0n) is 11.7. The molecule has 6 heteroatoms. The molecule has 2 rings (SSSR count). The molecule has 21 heavy (non-hydrogen) atoms. The number of carbonyl (C=O) groups excluding carboxylic acids is 1. The predicted molar refractivity (Wildman–Crippen MR) is 83.0 cm³/mol.